The molecule has 1 N–H and O–H groups in total. The molecule has 6 nitrogen and oxygen atoms in total. The summed E-state index contributed by atoms with van der Waals surface area (Å²) in [6, 6.07) is 2.06. The SMILES string of the molecule is Cc1nc(NCC2CCCO2)cc(N2CCN(C)CC2)n1. The van der Waals surface area contributed by atoms with Gasteiger partial charge in [-0.2, -0.15) is 0 Å². The van der Waals surface area contributed by atoms with Crippen LogP contribution in [0.4, 0.5) is 11.6 Å². The van der Waals surface area contributed by atoms with Crippen molar-refractivity contribution in [2.45, 2.75) is 25.9 Å². The number of ether oxygens (including phenoxy) is 1. The summed E-state index contributed by atoms with van der Waals surface area (Å²) in [6.45, 7) is 7.90. The Morgan fingerprint density at radius 1 is 1.29 bits per heavy atom. The van der Waals surface area contributed by atoms with Crippen LogP contribution < -0.4 is 10.2 Å². The molecule has 2 aliphatic rings. The van der Waals surface area contributed by atoms with Crippen molar-refractivity contribution < 1.29 is 4.74 Å². The number of aromatic nitrogens is 2. The van der Waals surface area contributed by atoms with Gasteiger partial charge in [0.25, 0.3) is 0 Å². The molecule has 1 atom stereocenters. The van der Waals surface area contributed by atoms with E-state index in [4.69, 9.17) is 4.74 Å². The molecule has 21 heavy (non-hydrogen) atoms. The fourth-order valence-corrected chi connectivity index (χ4v) is 2.86. The summed E-state index contributed by atoms with van der Waals surface area (Å²) in [7, 11) is 2.16. The smallest absolute Gasteiger partial charge is 0.134 e. The molecule has 1 aromatic heterocycles. The number of aryl methyl sites for hydroxylation is 1. The van der Waals surface area contributed by atoms with Gasteiger partial charge in [0.05, 0.1) is 6.10 Å². The van der Waals surface area contributed by atoms with Crippen molar-refractivity contribution in [2.75, 3.05) is 56.6 Å². The maximum absolute atomic E-state index is 5.64. The van der Waals surface area contributed by atoms with E-state index in [1.165, 1.54) is 6.42 Å². The van der Waals surface area contributed by atoms with Gasteiger partial charge in [0.1, 0.15) is 17.5 Å². The minimum atomic E-state index is 0.326. The number of hydrogen-bond donors (Lipinski definition) is 1. The van der Waals surface area contributed by atoms with E-state index in [0.717, 1.165) is 63.2 Å². The monoisotopic (exact) mass is 291 g/mol. The minimum absolute atomic E-state index is 0.326. The van der Waals surface area contributed by atoms with Crippen LogP contribution in [-0.4, -0.2) is 67.4 Å². The lowest BCUT2D eigenvalue weighted by molar-refractivity contribution is 0.120. The molecule has 1 aromatic rings. The zero-order valence-electron chi connectivity index (χ0n) is 13.0. The predicted molar refractivity (Wildman–Crippen MR) is 83.9 cm³/mol. The molecule has 116 valence electrons. The average Bonchev–Trinajstić information content (AvgIpc) is 2.99. The van der Waals surface area contributed by atoms with E-state index in [1.807, 2.05) is 6.92 Å². The van der Waals surface area contributed by atoms with Crippen LogP contribution in [0, 0.1) is 6.92 Å². The lowest BCUT2D eigenvalue weighted by Gasteiger charge is -2.33. The van der Waals surface area contributed by atoms with Crippen molar-refractivity contribution in [3.05, 3.63) is 11.9 Å². The third kappa shape index (κ3) is 3.83. The van der Waals surface area contributed by atoms with Crippen LogP contribution in [0.2, 0.25) is 0 Å². The topological polar surface area (TPSA) is 53.5 Å². The van der Waals surface area contributed by atoms with E-state index in [2.05, 4.69) is 38.2 Å². The van der Waals surface area contributed by atoms with Crippen LogP contribution in [0.5, 0.6) is 0 Å². The third-order valence-electron chi connectivity index (χ3n) is 4.19. The van der Waals surface area contributed by atoms with E-state index in [0.29, 0.717) is 6.10 Å². The lowest BCUT2D eigenvalue weighted by Crippen LogP contribution is -2.44. The van der Waals surface area contributed by atoms with E-state index >= 15 is 0 Å². The van der Waals surface area contributed by atoms with Crippen molar-refractivity contribution in [1.29, 1.82) is 0 Å². The van der Waals surface area contributed by atoms with Crippen molar-refractivity contribution >= 4 is 11.6 Å². The molecule has 0 amide bonds. The zero-order valence-corrected chi connectivity index (χ0v) is 13.0. The highest BCUT2D eigenvalue weighted by atomic mass is 16.5. The summed E-state index contributed by atoms with van der Waals surface area (Å²) in [5, 5.41) is 3.40. The minimum Gasteiger partial charge on any atom is -0.376 e. The lowest BCUT2D eigenvalue weighted by atomic mass is 10.2. The molecule has 0 aliphatic carbocycles. The molecule has 0 saturated carbocycles. The number of piperazine rings is 1. The quantitative estimate of drug-likeness (QED) is 0.897. The third-order valence-corrected chi connectivity index (χ3v) is 4.19. The number of nitrogens with zero attached hydrogens (tertiary/aromatic N) is 4. The summed E-state index contributed by atoms with van der Waals surface area (Å²) in [4.78, 5) is 13.8. The van der Waals surface area contributed by atoms with Crippen molar-refractivity contribution in [3.63, 3.8) is 0 Å². The Labute approximate surface area is 126 Å². The molecule has 2 aliphatic heterocycles. The molecule has 3 heterocycles. The van der Waals surface area contributed by atoms with E-state index in [-0.39, 0.29) is 0 Å². The Morgan fingerprint density at radius 3 is 2.81 bits per heavy atom. The zero-order chi connectivity index (χ0) is 14.7. The Balaban J connectivity index is 1.64. The number of nitrogens with one attached hydrogen (secondary N) is 1. The highest BCUT2D eigenvalue weighted by molar-refractivity contribution is 5.49. The molecule has 0 aromatic carbocycles. The van der Waals surface area contributed by atoms with Crippen molar-refractivity contribution in [3.8, 4) is 0 Å². The van der Waals surface area contributed by atoms with Gasteiger partial charge < -0.3 is 19.9 Å². The predicted octanol–water partition coefficient (Wildman–Crippen LogP) is 1.13. The summed E-state index contributed by atoms with van der Waals surface area (Å²) in [6.07, 6.45) is 2.64. The Kier molecular flexibility index (Phi) is 4.55. The summed E-state index contributed by atoms with van der Waals surface area (Å²) in [5.41, 5.74) is 0. The van der Waals surface area contributed by atoms with Crippen molar-refractivity contribution in [2.24, 2.45) is 0 Å². The van der Waals surface area contributed by atoms with E-state index in [1.54, 1.807) is 0 Å². The number of anilines is 2. The Bertz CT molecular complexity index is 467. The first-order chi connectivity index (χ1) is 10.2. The van der Waals surface area contributed by atoms with Crippen LogP contribution in [0.25, 0.3) is 0 Å². The van der Waals surface area contributed by atoms with Crippen LogP contribution in [-0.2, 0) is 4.74 Å². The molecule has 0 radical (unpaired) electrons. The first-order valence-corrected chi connectivity index (χ1v) is 7.85. The summed E-state index contributed by atoms with van der Waals surface area (Å²) in [5.74, 6) is 2.76. The second-order valence-electron chi connectivity index (χ2n) is 5.96. The fourth-order valence-electron chi connectivity index (χ4n) is 2.86. The fraction of sp³-hybridized carbons (Fsp3) is 0.733. The number of rotatable bonds is 4. The van der Waals surface area contributed by atoms with Gasteiger partial charge >= 0.3 is 0 Å². The standard InChI is InChI=1S/C15H25N5O/c1-12-17-14(16-11-13-4-3-9-21-13)10-15(18-12)20-7-5-19(2)6-8-20/h10,13H,3-9,11H2,1-2H3,(H,16,17,18). The first kappa shape index (κ1) is 14.5. The van der Waals surface area contributed by atoms with Crippen molar-refractivity contribution in [1.82, 2.24) is 14.9 Å². The molecule has 6 heteroatoms. The molecule has 2 fully saturated rings. The van der Waals surface area contributed by atoms with Gasteiger partial charge in [-0.25, -0.2) is 9.97 Å². The van der Waals surface area contributed by atoms with Gasteiger partial charge in [-0.05, 0) is 26.8 Å². The molecule has 0 spiro atoms. The Hall–Kier alpha value is -1.40. The van der Waals surface area contributed by atoms with E-state index in [9.17, 15) is 0 Å². The molecule has 3 rings (SSSR count). The van der Waals surface area contributed by atoms with Crippen LogP contribution in [0.3, 0.4) is 0 Å². The molecular formula is C15H25N5O. The van der Waals surface area contributed by atoms with E-state index < -0.39 is 0 Å². The maximum atomic E-state index is 5.64. The first-order valence-electron chi connectivity index (χ1n) is 7.85. The Morgan fingerprint density at radius 2 is 2.10 bits per heavy atom. The second kappa shape index (κ2) is 6.58. The van der Waals surface area contributed by atoms with Gasteiger partial charge in [0.15, 0.2) is 0 Å². The van der Waals surface area contributed by atoms with Gasteiger partial charge in [0.2, 0.25) is 0 Å². The molecule has 2 saturated heterocycles. The highest BCUT2D eigenvalue weighted by Crippen LogP contribution is 2.18. The van der Waals surface area contributed by atoms with Crippen LogP contribution >= 0.6 is 0 Å². The number of likely N-dealkylation sites (N-methyl/N-ethyl adjacent to an activating group) is 1. The van der Waals surface area contributed by atoms with Gasteiger partial charge in [-0.15, -0.1) is 0 Å². The highest BCUT2D eigenvalue weighted by Gasteiger charge is 2.18. The molecular weight excluding hydrogens is 266 g/mol. The largest absolute Gasteiger partial charge is 0.376 e. The van der Waals surface area contributed by atoms with Crippen LogP contribution in [0.15, 0.2) is 6.07 Å². The second-order valence-corrected chi connectivity index (χ2v) is 5.96. The molecule has 0 bridgehead atoms. The van der Waals surface area contributed by atoms with Gasteiger partial charge in [-0.1, -0.05) is 0 Å². The molecule has 1 unspecified atom stereocenters. The van der Waals surface area contributed by atoms with Crippen LogP contribution in [0.1, 0.15) is 18.7 Å². The summed E-state index contributed by atoms with van der Waals surface area (Å²) >= 11 is 0. The number of hydrogen-bond acceptors (Lipinski definition) is 6. The van der Waals surface area contributed by atoms with Gasteiger partial charge in [-0.3, -0.25) is 0 Å². The van der Waals surface area contributed by atoms with Gasteiger partial charge in [0, 0.05) is 45.4 Å². The summed E-state index contributed by atoms with van der Waals surface area (Å²) < 4.78 is 5.64. The normalized spacial score (nSPS) is 23.5. The average molecular weight is 291 g/mol. The maximum Gasteiger partial charge on any atom is 0.134 e.